The summed E-state index contributed by atoms with van der Waals surface area (Å²) >= 11 is 0. The number of anilines is 2. The van der Waals surface area contributed by atoms with E-state index in [9.17, 15) is 0 Å². The van der Waals surface area contributed by atoms with Crippen molar-refractivity contribution >= 4 is 11.5 Å². The van der Waals surface area contributed by atoms with Crippen molar-refractivity contribution in [1.82, 2.24) is 10.2 Å². The summed E-state index contributed by atoms with van der Waals surface area (Å²) in [5, 5.41) is 15.4. The van der Waals surface area contributed by atoms with Crippen LogP contribution in [0.5, 0.6) is 0 Å². The van der Waals surface area contributed by atoms with Crippen LogP contribution in [0.4, 0.5) is 11.5 Å². The van der Waals surface area contributed by atoms with Crippen molar-refractivity contribution < 1.29 is 0 Å². The first kappa shape index (κ1) is 9.09. The van der Waals surface area contributed by atoms with E-state index in [0.717, 1.165) is 5.56 Å². The molecule has 0 aliphatic heterocycles. The number of nitrogens with one attached hydrogen (secondary N) is 1. The Hall–Kier alpha value is -2.48. The molecule has 5 N–H and O–H groups in total. The van der Waals surface area contributed by atoms with E-state index in [1.807, 2.05) is 18.2 Å². The highest BCUT2D eigenvalue weighted by Crippen LogP contribution is 2.25. The zero-order valence-corrected chi connectivity index (χ0v) is 7.86. The van der Waals surface area contributed by atoms with Gasteiger partial charge in [0, 0.05) is 11.3 Å². The highest BCUT2D eigenvalue weighted by molar-refractivity contribution is 5.73. The lowest BCUT2D eigenvalue weighted by Gasteiger charge is -1.99. The van der Waals surface area contributed by atoms with Crippen LogP contribution in [0.1, 0.15) is 5.56 Å². The molecule has 0 aliphatic rings. The van der Waals surface area contributed by atoms with E-state index in [0.29, 0.717) is 16.9 Å². The molecule has 0 fully saturated rings. The van der Waals surface area contributed by atoms with Gasteiger partial charge < -0.3 is 11.5 Å². The maximum Gasteiger partial charge on any atom is 0.163 e. The zero-order chi connectivity index (χ0) is 10.8. The van der Waals surface area contributed by atoms with Crippen LogP contribution in [-0.4, -0.2) is 10.2 Å². The highest BCUT2D eigenvalue weighted by Gasteiger charge is 2.11. The molecule has 0 bridgehead atoms. The molecule has 0 amide bonds. The second-order valence-electron chi connectivity index (χ2n) is 3.10. The maximum atomic E-state index is 8.90. The number of aromatic amines is 1. The molecule has 0 saturated heterocycles. The Morgan fingerprint density at radius 3 is 2.80 bits per heavy atom. The minimum Gasteiger partial charge on any atom is -0.399 e. The summed E-state index contributed by atoms with van der Waals surface area (Å²) in [4.78, 5) is 0. The second-order valence-corrected chi connectivity index (χ2v) is 3.10. The Morgan fingerprint density at radius 2 is 2.13 bits per heavy atom. The van der Waals surface area contributed by atoms with Crippen molar-refractivity contribution in [2.24, 2.45) is 0 Å². The van der Waals surface area contributed by atoms with Gasteiger partial charge in [0.1, 0.15) is 11.6 Å². The SMILES string of the molecule is N#Cc1c(N)n[nH]c1-c1cccc(N)c1. The van der Waals surface area contributed by atoms with Crippen molar-refractivity contribution in [3.8, 4) is 17.3 Å². The van der Waals surface area contributed by atoms with Gasteiger partial charge in [0.15, 0.2) is 5.82 Å². The van der Waals surface area contributed by atoms with Crippen molar-refractivity contribution in [2.75, 3.05) is 11.5 Å². The van der Waals surface area contributed by atoms with Gasteiger partial charge in [-0.2, -0.15) is 10.4 Å². The number of hydrogen-bond donors (Lipinski definition) is 3. The molecule has 1 aromatic heterocycles. The van der Waals surface area contributed by atoms with Crippen LogP contribution in [0.15, 0.2) is 24.3 Å². The Balaban J connectivity index is 2.60. The number of rotatable bonds is 1. The van der Waals surface area contributed by atoms with Crippen LogP contribution < -0.4 is 11.5 Å². The normalized spacial score (nSPS) is 9.80. The number of H-pyrrole nitrogens is 1. The van der Waals surface area contributed by atoms with Crippen LogP contribution >= 0.6 is 0 Å². The number of nitrogens with two attached hydrogens (primary N) is 2. The van der Waals surface area contributed by atoms with Crippen molar-refractivity contribution in [3.05, 3.63) is 29.8 Å². The largest absolute Gasteiger partial charge is 0.399 e. The lowest BCUT2D eigenvalue weighted by Crippen LogP contribution is -1.89. The molecule has 5 nitrogen and oxygen atoms in total. The molecule has 1 heterocycles. The monoisotopic (exact) mass is 199 g/mol. The predicted octanol–water partition coefficient (Wildman–Crippen LogP) is 1.11. The van der Waals surface area contributed by atoms with E-state index >= 15 is 0 Å². The summed E-state index contributed by atoms with van der Waals surface area (Å²) in [5.41, 5.74) is 13.6. The first-order valence-electron chi connectivity index (χ1n) is 4.32. The topological polar surface area (TPSA) is 105 Å². The van der Waals surface area contributed by atoms with Crippen molar-refractivity contribution in [1.29, 1.82) is 5.26 Å². The molecule has 0 atom stereocenters. The summed E-state index contributed by atoms with van der Waals surface area (Å²) < 4.78 is 0. The number of nitriles is 1. The van der Waals surface area contributed by atoms with E-state index in [2.05, 4.69) is 10.2 Å². The smallest absolute Gasteiger partial charge is 0.163 e. The Labute approximate surface area is 86.3 Å². The number of benzene rings is 1. The van der Waals surface area contributed by atoms with E-state index in [4.69, 9.17) is 16.7 Å². The van der Waals surface area contributed by atoms with Gasteiger partial charge >= 0.3 is 0 Å². The molecule has 1 aromatic carbocycles. The first-order valence-corrected chi connectivity index (χ1v) is 4.32. The molecule has 74 valence electrons. The molecule has 0 radical (unpaired) electrons. The molecule has 0 spiro atoms. The van der Waals surface area contributed by atoms with Gasteiger partial charge in [-0.05, 0) is 12.1 Å². The lowest BCUT2D eigenvalue weighted by molar-refractivity contribution is 1.10. The number of hydrogen-bond acceptors (Lipinski definition) is 4. The van der Waals surface area contributed by atoms with Crippen molar-refractivity contribution in [3.63, 3.8) is 0 Å². The fourth-order valence-electron chi connectivity index (χ4n) is 1.37. The van der Waals surface area contributed by atoms with E-state index in [-0.39, 0.29) is 5.82 Å². The average Bonchev–Trinajstić information content (AvgIpc) is 2.59. The lowest BCUT2D eigenvalue weighted by atomic mass is 10.1. The molecule has 0 saturated carbocycles. The van der Waals surface area contributed by atoms with E-state index in [1.165, 1.54) is 0 Å². The van der Waals surface area contributed by atoms with Crippen LogP contribution in [0.2, 0.25) is 0 Å². The quantitative estimate of drug-likeness (QED) is 0.598. The fourth-order valence-corrected chi connectivity index (χ4v) is 1.37. The number of nitrogen functional groups attached to an aromatic ring is 2. The summed E-state index contributed by atoms with van der Waals surface area (Å²) in [7, 11) is 0. The predicted molar refractivity (Wildman–Crippen MR) is 57.6 cm³/mol. The Kier molecular flexibility index (Phi) is 2.03. The van der Waals surface area contributed by atoms with Gasteiger partial charge in [0.25, 0.3) is 0 Å². The summed E-state index contributed by atoms with van der Waals surface area (Å²) in [6.07, 6.45) is 0. The van der Waals surface area contributed by atoms with Gasteiger partial charge in [-0.25, -0.2) is 0 Å². The van der Waals surface area contributed by atoms with E-state index < -0.39 is 0 Å². The third-order valence-corrected chi connectivity index (χ3v) is 2.08. The third-order valence-electron chi connectivity index (χ3n) is 2.08. The highest BCUT2D eigenvalue weighted by atomic mass is 15.2. The average molecular weight is 199 g/mol. The van der Waals surface area contributed by atoms with Crippen LogP contribution in [0, 0.1) is 11.3 Å². The molecule has 2 rings (SSSR count). The standard InChI is InChI=1S/C10H9N5/c11-5-8-9(14-15-10(8)13)6-2-1-3-7(12)4-6/h1-4H,12H2,(H3,13,14,15). The zero-order valence-electron chi connectivity index (χ0n) is 7.86. The summed E-state index contributed by atoms with van der Waals surface area (Å²) in [6.45, 7) is 0. The molecular weight excluding hydrogens is 190 g/mol. The van der Waals surface area contributed by atoms with Crippen LogP contribution in [0.3, 0.4) is 0 Å². The Bertz CT molecular complexity index is 535. The summed E-state index contributed by atoms with van der Waals surface area (Å²) in [5.74, 6) is 0.204. The number of nitrogens with zero attached hydrogens (tertiary/aromatic N) is 2. The van der Waals surface area contributed by atoms with Gasteiger partial charge in [-0.1, -0.05) is 12.1 Å². The minimum absolute atomic E-state index is 0.204. The maximum absolute atomic E-state index is 8.90. The van der Waals surface area contributed by atoms with Crippen molar-refractivity contribution in [2.45, 2.75) is 0 Å². The number of aromatic nitrogens is 2. The summed E-state index contributed by atoms with van der Waals surface area (Å²) in [6, 6.07) is 9.18. The second kappa shape index (κ2) is 3.35. The molecule has 2 aromatic rings. The molecule has 5 heteroatoms. The van der Waals surface area contributed by atoms with Gasteiger partial charge in [0.05, 0.1) is 5.69 Å². The van der Waals surface area contributed by atoms with Crippen LogP contribution in [0.25, 0.3) is 11.3 Å². The third kappa shape index (κ3) is 1.48. The molecular formula is C10H9N5. The van der Waals surface area contributed by atoms with Gasteiger partial charge in [-0.15, -0.1) is 0 Å². The minimum atomic E-state index is 0.204. The molecule has 0 aliphatic carbocycles. The molecule has 0 unspecified atom stereocenters. The fraction of sp³-hybridized carbons (Fsp3) is 0. The van der Waals surface area contributed by atoms with Gasteiger partial charge in [0.2, 0.25) is 0 Å². The van der Waals surface area contributed by atoms with E-state index in [1.54, 1.807) is 12.1 Å². The molecule has 15 heavy (non-hydrogen) atoms. The van der Waals surface area contributed by atoms with Crippen LogP contribution in [-0.2, 0) is 0 Å². The first-order chi connectivity index (χ1) is 7.22. The Morgan fingerprint density at radius 1 is 1.33 bits per heavy atom. The van der Waals surface area contributed by atoms with Gasteiger partial charge in [-0.3, -0.25) is 5.10 Å².